The number of amides is 1. The molecule has 1 amide bonds. The molecule has 222 valence electrons. The van der Waals surface area contributed by atoms with E-state index in [9.17, 15) is 27.6 Å². The summed E-state index contributed by atoms with van der Waals surface area (Å²) < 4.78 is 39.6. The molecule has 3 heterocycles. The van der Waals surface area contributed by atoms with E-state index in [-0.39, 0.29) is 35.6 Å². The average Bonchev–Trinajstić information content (AvgIpc) is 3.58. The number of aliphatic carboxylic acids is 1. The third-order valence-electron chi connectivity index (χ3n) is 7.04. The maximum absolute atomic E-state index is 13.8. The normalized spacial score (nSPS) is 15.3. The SMILES string of the molecule is COc1c(C(=O)N(C)C2CCN(C)C2)sc2c1c(=O)n(CC(=O)c1ccccc1)c1ccccc21.O=C(O)C(F)(F)F. The molecule has 9 nitrogen and oxygen atoms in total. The van der Waals surface area contributed by atoms with E-state index in [4.69, 9.17) is 14.6 Å². The van der Waals surface area contributed by atoms with Gasteiger partial charge in [-0.2, -0.15) is 13.2 Å². The molecule has 1 saturated heterocycles. The van der Waals surface area contributed by atoms with Crippen molar-refractivity contribution < 1.29 is 37.4 Å². The van der Waals surface area contributed by atoms with Gasteiger partial charge in [0.05, 0.1) is 23.9 Å². The molecule has 4 aromatic rings. The third kappa shape index (κ3) is 6.16. The number of carbonyl (C=O) groups excluding carboxylic acids is 2. The van der Waals surface area contributed by atoms with Crippen LogP contribution in [0, 0.1) is 0 Å². The lowest BCUT2D eigenvalue weighted by Crippen LogP contribution is -2.38. The highest BCUT2D eigenvalue weighted by molar-refractivity contribution is 7.22. The molecule has 1 N–H and O–H groups in total. The number of rotatable bonds is 6. The van der Waals surface area contributed by atoms with Gasteiger partial charge >= 0.3 is 12.1 Å². The number of para-hydroxylation sites is 1. The molecular formula is C29H28F3N3O6S. The number of carboxylic acid groups (broad SMARTS) is 1. The molecule has 1 aliphatic heterocycles. The minimum atomic E-state index is -5.08. The third-order valence-corrected chi connectivity index (χ3v) is 8.23. The van der Waals surface area contributed by atoms with Crippen molar-refractivity contribution in [3.05, 3.63) is 75.4 Å². The number of benzene rings is 2. The van der Waals surface area contributed by atoms with Crippen LogP contribution in [0.5, 0.6) is 5.75 Å². The number of aromatic nitrogens is 1. The number of pyridine rings is 1. The smallest absolute Gasteiger partial charge is 0.490 e. The van der Waals surface area contributed by atoms with Crippen LogP contribution in [-0.4, -0.2) is 83.6 Å². The fraction of sp³-hybridized carbons (Fsp3) is 0.310. The quantitative estimate of drug-likeness (QED) is 0.323. The van der Waals surface area contributed by atoms with Crippen molar-refractivity contribution in [1.29, 1.82) is 0 Å². The number of ketones is 1. The number of methoxy groups -OCH3 is 1. The van der Waals surface area contributed by atoms with Crippen molar-refractivity contribution >= 4 is 50.0 Å². The number of hydrogen-bond donors (Lipinski definition) is 1. The van der Waals surface area contributed by atoms with Crippen molar-refractivity contribution in [3.63, 3.8) is 0 Å². The van der Waals surface area contributed by atoms with Gasteiger partial charge in [0.15, 0.2) is 11.5 Å². The van der Waals surface area contributed by atoms with Crippen LogP contribution >= 0.6 is 11.3 Å². The highest BCUT2D eigenvalue weighted by atomic mass is 32.1. The van der Waals surface area contributed by atoms with Crippen molar-refractivity contribution in [1.82, 2.24) is 14.4 Å². The number of likely N-dealkylation sites (N-methyl/N-ethyl adjacent to an activating group) is 2. The molecule has 0 aliphatic carbocycles. The van der Waals surface area contributed by atoms with Gasteiger partial charge in [-0.1, -0.05) is 48.5 Å². The summed E-state index contributed by atoms with van der Waals surface area (Å²) in [6, 6.07) is 16.5. The van der Waals surface area contributed by atoms with E-state index >= 15 is 0 Å². The van der Waals surface area contributed by atoms with Crippen molar-refractivity contribution in [2.24, 2.45) is 0 Å². The number of Topliss-reactive ketones (excluding diaryl/α,β-unsaturated/α-hetero) is 1. The van der Waals surface area contributed by atoms with Gasteiger partial charge in [-0.05, 0) is 26.1 Å². The predicted octanol–water partition coefficient (Wildman–Crippen LogP) is 4.52. The first kappa shape index (κ1) is 30.7. The summed E-state index contributed by atoms with van der Waals surface area (Å²) in [6.45, 7) is 1.65. The van der Waals surface area contributed by atoms with Gasteiger partial charge < -0.3 is 19.6 Å². The number of carboxylic acids is 1. The maximum atomic E-state index is 13.8. The van der Waals surface area contributed by atoms with Gasteiger partial charge in [0.25, 0.3) is 11.5 Å². The van der Waals surface area contributed by atoms with Gasteiger partial charge in [0, 0.05) is 30.6 Å². The van der Waals surface area contributed by atoms with E-state index < -0.39 is 12.1 Å². The van der Waals surface area contributed by atoms with Crippen LogP contribution in [0.1, 0.15) is 26.5 Å². The number of alkyl halides is 3. The highest BCUT2D eigenvalue weighted by Crippen LogP contribution is 2.40. The fourth-order valence-electron chi connectivity index (χ4n) is 4.85. The Labute approximate surface area is 242 Å². The molecule has 2 aromatic carbocycles. The summed E-state index contributed by atoms with van der Waals surface area (Å²) in [4.78, 5) is 53.6. The van der Waals surface area contributed by atoms with E-state index in [1.165, 1.54) is 23.0 Å². The molecule has 1 aliphatic rings. The summed E-state index contributed by atoms with van der Waals surface area (Å²) in [7, 11) is 5.34. The predicted molar refractivity (Wildman–Crippen MR) is 153 cm³/mol. The molecule has 2 aromatic heterocycles. The average molecular weight is 604 g/mol. The standard InChI is InChI=1S/C27H27N3O4S.C2HF3O2/c1-28-14-13-18(15-28)29(2)27(33)25-23(34-3)22-24(35-25)19-11-7-8-12-20(19)30(26(22)32)16-21(31)17-9-5-4-6-10-17;3-2(4,5)1(6)7/h4-12,18H,13-16H2,1-3H3;(H,6,7). The molecule has 1 atom stereocenters. The van der Waals surface area contributed by atoms with E-state index in [0.717, 1.165) is 24.9 Å². The first-order valence-corrected chi connectivity index (χ1v) is 13.6. The van der Waals surface area contributed by atoms with Gasteiger partial charge in [0.2, 0.25) is 0 Å². The van der Waals surface area contributed by atoms with Gasteiger partial charge in [-0.3, -0.25) is 19.0 Å². The zero-order chi connectivity index (χ0) is 30.8. The summed E-state index contributed by atoms with van der Waals surface area (Å²) in [5.74, 6) is -2.79. The Balaban J connectivity index is 0.000000517. The van der Waals surface area contributed by atoms with E-state index in [1.54, 1.807) is 29.2 Å². The summed E-state index contributed by atoms with van der Waals surface area (Å²) in [6.07, 6.45) is -4.18. The van der Waals surface area contributed by atoms with E-state index in [1.807, 2.05) is 44.4 Å². The Kier molecular flexibility index (Phi) is 9.02. The molecule has 0 saturated carbocycles. The number of halogens is 3. The zero-order valence-corrected chi connectivity index (χ0v) is 23.8. The second-order valence-electron chi connectivity index (χ2n) is 9.79. The molecule has 1 unspecified atom stereocenters. The van der Waals surface area contributed by atoms with E-state index in [0.29, 0.717) is 26.0 Å². The highest BCUT2D eigenvalue weighted by Gasteiger charge is 2.38. The second kappa shape index (κ2) is 12.3. The van der Waals surface area contributed by atoms with Crippen LogP contribution in [-0.2, 0) is 11.3 Å². The molecule has 0 spiro atoms. The lowest BCUT2D eigenvalue weighted by molar-refractivity contribution is -0.192. The van der Waals surface area contributed by atoms with Crippen LogP contribution in [0.2, 0.25) is 0 Å². The summed E-state index contributed by atoms with van der Waals surface area (Å²) in [5, 5.41) is 8.28. The molecule has 13 heteroatoms. The maximum Gasteiger partial charge on any atom is 0.490 e. The van der Waals surface area contributed by atoms with Crippen LogP contribution in [0.3, 0.4) is 0 Å². The van der Waals surface area contributed by atoms with Crippen LogP contribution in [0.25, 0.3) is 21.0 Å². The zero-order valence-electron chi connectivity index (χ0n) is 23.0. The Morgan fingerprint density at radius 2 is 1.71 bits per heavy atom. The number of thiophene rings is 1. The number of likely N-dealkylation sites (tertiary alicyclic amines) is 1. The van der Waals surface area contributed by atoms with Crippen molar-refractivity contribution in [2.75, 3.05) is 34.3 Å². The van der Waals surface area contributed by atoms with Gasteiger partial charge in [0.1, 0.15) is 10.3 Å². The van der Waals surface area contributed by atoms with Crippen LogP contribution in [0.15, 0.2) is 59.4 Å². The molecule has 1 fully saturated rings. The molecular weight excluding hydrogens is 575 g/mol. The monoisotopic (exact) mass is 603 g/mol. The Hall–Kier alpha value is -4.23. The first-order chi connectivity index (χ1) is 19.8. The lowest BCUT2D eigenvalue weighted by Gasteiger charge is -2.24. The Bertz CT molecular complexity index is 1700. The number of fused-ring (bicyclic) bond motifs is 3. The number of ether oxygens (including phenoxy) is 1. The van der Waals surface area contributed by atoms with E-state index in [2.05, 4.69) is 4.90 Å². The molecule has 0 radical (unpaired) electrons. The number of carbonyl (C=O) groups is 3. The van der Waals surface area contributed by atoms with Crippen molar-refractivity contribution in [2.45, 2.75) is 25.2 Å². The summed E-state index contributed by atoms with van der Waals surface area (Å²) >= 11 is 1.28. The second-order valence-corrected chi connectivity index (χ2v) is 10.8. The van der Waals surface area contributed by atoms with Gasteiger partial charge in [-0.25, -0.2) is 4.79 Å². The van der Waals surface area contributed by atoms with Gasteiger partial charge in [-0.15, -0.1) is 11.3 Å². The first-order valence-electron chi connectivity index (χ1n) is 12.8. The topological polar surface area (TPSA) is 109 Å². The van der Waals surface area contributed by atoms with Crippen molar-refractivity contribution in [3.8, 4) is 5.75 Å². The molecule has 42 heavy (non-hydrogen) atoms. The number of nitrogens with zero attached hydrogens (tertiary/aromatic N) is 3. The minimum absolute atomic E-state index is 0.101. The lowest BCUT2D eigenvalue weighted by atomic mass is 10.1. The largest absolute Gasteiger partial charge is 0.494 e. The minimum Gasteiger partial charge on any atom is -0.494 e. The molecule has 0 bridgehead atoms. The Morgan fingerprint density at radius 3 is 2.29 bits per heavy atom. The summed E-state index contributed by atoms with van der Waals surface area (Å²) in [5.41, 5.74) is 0.862. The van der Waals surface area contributed by atoms with Crippen LogP contribution < -0.4 is 10.3 Å². The number of hydrogen-bond acceptors (Lipinski definition) is 7. The Morgan fingerprint density at radius 1 is 1.10 bits per heavy atom. The fourth-order valence-corrected chi connectivity index (χ4v) is 6.13. The molecule has 5 rings (SSSR count). The van der Waals surface area contributed by atoms with Crippen LogP contribution in [0.4, 0.5) is 13.2 Å².